The van der Waals surface area contributed by atoms with Crippen LogP contribution in [0.5, 0.6) is 11.5 Å². The van der Waals surface area contributed by atoms with Crippen LogP contribution >= 0.6 is 0 Å². The van der Waals surface area contributed by atoms with Crippen molar-refractivity contribution in [2.45, 2.75) is 46.3 Å². The normalized spacial score (nSPS) is 15.0. The molecule has 0 N–H and O–H groups in total. The molecule has 2 aromatic heterocycles. The summed E-state index contributed by atoms with van der Waals surface area (Å²) in [5.74, 6) is 2.49. The Hall–Kier alpha value is -2.90. The molecule has 0 atom stereocenters. The molecule has 4 rings (SSSR count). The van der Waals surface area contributed by atoms with Gasteiger partial charge in [-0.1, -0.05) is 17.3 Å². The van der Waals surface area contributed by atoms with Gasteiger partial charge in [-0.3, -0.25) is 0 Å². The zero-order chi connectivity index (χ0) is 17.6. The summed E-state index contributed by atoms with van der Waals surface area (Å²) in [5.41, 5.74) is 2.61. The van der Waals surface area contributed by atoms with Crippen molar-refractivity contribution in [3.8, 4) is 17.4 Å². The lowest BCUT2D eigenvalue weighted by atomic mass is 10.0. The molecule has 1 aliphatic heterocycles. The largest absolute Gasteiger partial charge is 0.483 e. The topological polar surface area (TPSA) is 88.1 Å². The third kappa shape index (κ3) is 2.73. The van der Waals surface area contributed by atoms with Crippen LogP contribution in [0.2, 0.25) is 0 Å². The molecule has 1 aliphatic rings. The Labute approximate surface area is 144 Å². The Kier molecular flexibility index (Phi) is 3.48. The highest BCUT2D eigenvalue weighted by Crippen LogP contribution is 2.41. The minimum atomic E-state index is -0.224. The predicted molar refractivity (Wildman–Crippen MR) is 87.9 cm³/mol. The lowest BCUT2D eigenvalue weighted by molar-refractivity contribution is 0.131. The van der Waals surface area contributed by atoms with Crippen LogP contribution in [-0.2, 0) is 13.0 Å². The number of tetrazole rings is 1. The molecule has 0 unspecified atom stereocenters. The summed E-state index contributed by atoms with van der Waals surface area (Å²) < 4.78 is 18.8. The van der Waals surface area contributed by atoms with Crippen LogP contribution in [-0.4, -0.2) is 31.0 Å². The number of nitrogens with zero attached hydrogens (tertiary/aromatic N) is 5. The number of aryl methyl sites for hydroxylation is 1. The molecule has 0 fully saturated rings. The number of aromatic nitrogens is 5. The van der Waals surface area contributed by atoms with Gasteiger partial charge in [0.1, 0.15) is 5.60 Å². The second-order valence-electron chi connectivity index (χ2n) is 6.78. The van der Waals surface area contributed by atoms with E-state index in [1.807, 2.05) is 26.0 Å². The number of hydrogen-bond acceptors (Lipinski definition) is 7. The van der Waals surface area contributed by atoms with Crippen molar-refractivity contribution in [1.82, 2.24) is 25.4 Å². The minimum absolute atomic E-state index is 0.187. The predicted octanol–water partition coefficient (Wildman–Crippen LogP) is 2.56. The molecule has 0 radical (unpaired) electrons. The molecule has 3 heterocycles. The van der Waals surface area contributed by atoms with Crippen LogP contribution in [0.25, 0.3) is 5.88 Å². The molecule has 0 saturated carbocycles. The van der Waals surface area contributed by atoms with Gasteiger partial charge in [0.2, 0.25) is 0 Å². The fourth-order valence-corrected chi connectivity index (χ4v) is 2.90. The third-order valence-electron chi connectivity index (χ3n) is 4.27. The number of ether oxygens (including phenoxy) is 2. The zero-order valence-corrected chi connectivity index (χ0v) is 14.6. The second kappa shape index (κ2) is 5.58. The molecule has 25 heavy (non-hydrogen) atoms. The average molecular weight is 341 g/mol. The van der Waals surface area contributed by atoms with Crippen LogP contribution in [0.15, 0.2) is 22.7 Å². The SMILES string of the molecule is Cc1noc(-n2nnnc2COc2cccc3c2OC(C)(C)C3)c1C. The smallest absolute Gasteiger partial charge is 0.258 e. The van der Waals surface area contributed by atoms with E-state index in [-0.39, 0.29) is 12.2 Å². The zero-order valence-electron chi connectivity index (χ0n) is 14.6. The molecule has 0 saturated heterocycles. The molecular weight excluding hydrogens is 322 g/mol. The highest BCUT2D eigenvalue weighted by molar-refractivity contribution is 5.50. The maximum absolute atomic E-state index is 6.02. The molecule has 0 spiro atoms. The fourth-order valence-electron chi connectivity index (χ4n) is 2.90. The molecule has 1 aromatic carbocycles. The summed E-state index contributed by atoms with van der Waals surface area (Å²) in [4.78, 5) is 0. The molecule has 130 valence electrons. The molecule has 8 nitrogen and oxygen atoms in total. The van der Waals surface area contributed by atoms with Gasteiger partial charge in [0.15, 0.2) is 23.9 Å². The molecule has 0 aliphatic carbocycles. The Morgan fingerprint density at radius 1 is 1.28 bits per heavy atom. The van der Waals surface area contributed by atoms with Crippen LogP contribution < -0.4 is 9.47 Å². The molecular formula is C17H19N5O3. The fraction of sp³-hybridized carbons (Fsp3) is 0.412. The first-order valence-electron chi connectivity index (χ1n) is 8.09. The van der Waals surface area contributed by atoms with Crippen molar-refractivity contribution in [2.75, 3.05) is 0 Å². The standard InChI is InChI=1S/C17H19N5O3/c1-10-11(2)19-25-16(10)22-14(18-20-21-22)9-23-13-7-5-6-12-8-17(3,4)24-15(12)13/h5-7H,8-9H2,1-4H3. The number of benzene rings is 1. The van der Waals surface area contributed by atoms with Gasteiger partial charge in [0.25, 0.3) is 5.88 Å². The first-order valence-corrected chi connectivity index (χ1v) is 8.09. The lowest BCUT2D eigenvalue weighted by Crippen LogP contribution is -2.24. The van der Waals surface area contributed by atoms with Gasteiger partial charge >= 0.3 is 0 Å². The van der Waals surface area contributed by atoms with E-state index in [1.54, 1.807) is 0 Å². The van der Waals surface area contributed by atoms with Gasteiger partial charge in [-0.15, -0.1) is 5.10 Å². The van der Waals surface area contributed by atoms with Crippen LogP contribution in [0.4, 0.5) is 0 Å². The summed E-state index contributed by atoms with van der Waals surface area (Å²) in [5, 5.41) is 15.7. The third-order valence-corrected chi connectivity index (χ3v) is 4.27. The number of hydrogen-bond donors (Lipinski definition) is 0. The van der Waals surface area contributed by atoms with Crippen molar-refractivity contribution in [2.24, 2.45) is 0 Å². The quantitative estimate of drug-likeness (QED) is 0.720. The molecule has 3 aromatic rings. The first-order chi connectivity index (χ1) is 11.9. The van der Waals surface area contributed by atoms with Gasteiger partial charge in [-0.2, -0.15) is 4.68 Å². The van der Waals surface area contributed by atoms with Gasteiger partial charge in [0, 0.05) is 17.5 Å². The maximum Gasteiger partial charge on any atom is 0.258 e. The van der Waals surface area contributed by atoms with Gasteiger partial charge in [0.05, 0.1) is 5.69 Å². The average Bonchev–Trinajstić information content (AvgIpc) is 3.23. The van der Waals surface area contributed by atoms with E-state index < -0.39 is 0 Å². The number of para-hydroxylation sites is 1. The number of fused-ring (bicyclic) bond motifs is 1. The van der Waals surface area contributed by atoms with Crippen molar-refractivity contribution < 1.29 is 14.0 Å². The van der Waals surface area contributed by atoms with Gasteiger partial charge in [-0.05, 0) is 44.2 Å². The van der Waals surface area contributed by atoms with Crippen LogP contribution in [0, 0.1) is 13.8 Å². The Morgan fingerprint density at radius 3 is 2.88 bits per heavy atom. The van der Waals surface area contributed by atoms with E-state index in [9.17, 15) is 0 Å². The maximum atomic E-state index is 6.02. The summed E-state index contributed by atoms with van der Waals surface area (Å²) in [6.07, 6.45) is 0.855. The Balaban J connectivity index is 1.58. The van der Waals surface area contributed by atoms with Gasteiger partial charge in [-0.25, -0.2) is 0 Å². The van der Waals surface area contributed by atoms with E-state index in [0.717, 1.165) is 29.0 Å². The summed E-state index contributed by atoms with van der Waals surface area (Å²) in [6, 6.07) is 5.91. The first kappa shape index (κ1) is 15.6. The molecule has 0 bridgehead atoms. The Morgan fingerprint density at radius 2 is 2.12 bits per heavy atom. The van der Waals surface area contributed by atoms with E-state index in [2.05, 4.69) is 40.6 Å². The van der Waals surface area contributed by atoms with E-state index in [1.165, 1.54) is 4.68 Å². The van der Waals surface area contributed by atoms with Crippen molar-refractivity contribution in [3.05, 3.63) is 40.8 Å². The highest BCUT2D eigenvalue weighted by Gasteiger charge is 2.32. The van der Waals surface area contributed by atoms with E-state index >= 15 is 0 Å². The lowest BCUT2D eigenvalue weighted by Gasteiger charge is -2.18. The number of rotatable bonds is 4. The van der Waals surface area contributed by atoms with E-state index in [0.29, 0.717) is 17.5 Å². The van der Waals surface area contributed by atoms with Crippen LogP contribution in [0.1, 0.15) is 36.5 Å². The summed E-state index contributed by atoms with van der Waals surface area (Å²) in [6.45, 7) is 8.09. The Bertz CT molecular complexity index is 928. The summed E-state index contributed by atoms with van der Waals surface area (Å²) in [7, 11) is 0. The minimum Gasteiger partial charge on any atom is -0.483 e. The molecule has 8 heteroatoms. The summed E-state index contributed by atoms with van der Waals surface area (Å²) >= 11 is 0. The van der Waals surface area contributed by atoms with E-state index in [4.69, 9.17) is 14.0 Å². The van der Waals surface area contributed by atoms with Gasteiger partial charge < -0.3 is 14.0 Å². The van der Waals surface area contributed by atoms with Crippen LogP contribution in [0.3, 0.4) is 0 Å². The highest BCUT2D eigenvalue weighted by atomic mass is 16.5. The van der Waals surface area contributed by atoms with Crippen molar-refractivity contribution in [3.63, 3.8) is 0 Å². The van der Waals surface area contributed by atoms with Crippen molar-refractivity contribution in [1.29, 1.82) is 0 Å². The monoisotopic (exact) mass is 341 g/mol. The molecule has 0 amide bonds. The van der Waals surface area contributed by atoms with Crippen molar-refractivity contribution >= 4 is 0 Å². The second-order valence-corrected chi connectivity index (χ2v) is 6.78.